The number of rotatable bonds is 0. The zero-order valence-electron chi connectivity index (χ0n) is 3.79. The summed E-state index contributed by atoms with van der Waals surface area (Å²) in [6, 6.07) is 0. The third-order valence-electron chi connectivity index (χ3n) is 0. The van der Waals surface area contributed by atoms with Gasteiger partial charge in [0.15, 0.2) is 0 Å². The van der Waals surface area contributed by atoms with Gasteiger partial charge in [0.2, 0.25) is 0 Å². The first-order chi connectivity index (χ1) is 0. The Morgan fingerprint density at radius 2 is 1.25 bits per heavy atom. The minimum atomic E-state index is 0. The molecule has 0 aromatic heterocycles. The van der Waals surface area contributed by atoms with Crippen LogP contribution in [0.1, 0.15) is 2.85 Å². The molecule has 0 heterocycles. The normalized spacial score (nSPS) is 0. The fraction of sp³-hybridized carbons (Fsp3) is 0. The molecule has 0 radical (unpaired) electrons. The van der Waals surface area contributed by atoms with E-state index >= 15 is 0 Å². The summed E-state index contributed by atoms with van der Waals surface area (Å²) >= 11 is 0. The molecule has 4 heteroatoms. The van der Waals surface area contributed by atoms with E-state index in [9.17, 15) is 0 Å². The maximum Gasteiger partial charge on any atom is 2.00 e. The third-order valence-corrected chi connectivity index (χ3v) is 0. The van der Waals surface area contributed by atoms with Crippen molar-refractivity contribution in [2.45, 2.75) is 0 Å². The van der Waals surface area contributed by atoms with E-state index < -0.39 is 0 Å². The minimum Gasteiger partial charge on any atom is -1.00 e. The van der Waals surface area contributed by atoms with Gasteiger partial charge in [0.05, 0.1) is 0 Å². The van der Waals surface area contributed by atoms with Crippen molar-refractivity contribution >= 4 is 45.5 Å². The van der Waals surface area contributed by atoms with E-state index in [-0.39, 0.29) is 103 Å². The fourth-order valence-electron chi connectivity index (χ4n) is 0. The Hall–Kier alpha value is 3.18. The van der Waals surface area contributed by atoms with Crippen molar-refractivity contribution < 1.29 is 57.5 Å². The first-order valence-electron chi connectivity index (χ1n) is 0. The summed E-state index contributed by atoms with van der Waals surface area (Å²) in [5.41, 5.74) is 0. The zero-order valence-corrected chi connectivity index (χ0v) is 9.36. The summed E-state index contributed by atoms with van der Waals surface area (Å²) in [6.07, 6.45) is 0. The molecule has 0 aromatic rings. The van der Waals surface area contributed by atoms with E-state index in [1.165, 1.54) is 0 Å². The summed E-state index contributed by atoms with van der Waals surface area (Å²) in [5.74, 6) is 0. The van der Waals surface area contributed by atoms with Gasteiger partial charge < -0.3 is 2.85 Å². The fourth-order valence-corrected chi connectivity index (χ4v) is 0. The first kappa shape index (κ1) is 27.1. The Balaban J connectivity index is 0. The maximum atomic E-state index is 0. The SMILES string of the molecule is [Fe].[H-].[H-].[Mo].[Ni].[Sr+2]. The minimum absolute atomic E-state index is 0. The van der Waals surface area contributed by atoms with Gasteiger partial charge in [-0.2, -0.15) is 0 Å². The first-order valence-corrected chi connectivity index (χ1v) is 0. The van der Waals surface area contributed by atoms with Gasteiger partial charge in [0.25, 0.3) is 0 Å². The molecule has 28 valence electrons. The van der Waals surface area contributed by atoms with Crippen LogP contribution in [-0.4, -0.2) is 45.5 Å². The van der Waals surface area contributed by atoms with Gasteiger partial charge in [-0.25, -0.2) is 0 Å². The van der Waals surface area contributed by atoms with E-state index in [1.807, 2.05) is 0 Å². The second kappa shape index (κ2) is 16.4. The van der Waals surface area contributed by atoms with Crippen LogP contribution < -0.4 is 0 Å². The summed E-state index contributed by atoms with van der Waals surface area (Å²) in [7, 11) is 0. The van der Waals surface area contributed by atoms with Crippen LogP contribution in [0.3, 0.4) is 0 Å². The van der Waals surface area contributed by atoms with Gasteiger partial charge >= 0.3 is 45.5 Å². The van der Waals surface area contributed by atoms with E-state index in [4.69, 9.17) is 0 Å². The Morgan fingerprint density at radius 1 is 1.25 bits per heavy atom. The summed E-state index contributed by atoms with van der Waals surface area (Å²) in [5, 5.41) is 0. The van der Waals surface area contributed by atoms with Crippen molar-refractivity contribution in [3.63, 3.8) is 0 Å². The maximum absolute atomic E-state index is 0. The average molecular weight is 300 g/mol. The van der Waals surface area contributed by atoms with Crippen molar-refractivity contribution in [2.75, 3.05) is 0 Å². The molecule has 0 bridgehead atoms. The number of hydrogen-bond acceptors (Lipinski definition) is 0. The van der Waals surface area contributed by atoms with Gasteiger partial charge in [-0.05, 0) is 0 Å². The molecule has 0 unspecified atom stereocenters. The third kappa shape index (κ3) is 8.95. The summed E-state index contributed by atoms with van der Waals surface area (Å²) < 4.78 is 0. The van der Waals surface area contributed by atoms with Crippen molar-refractivity contribution in [3.05, 3.63) is 0 Å². The predicted molar refractivity (Wildman–Crippen MR) is 7.98 cm³/mol. The Morgan fingerprint density at radius 3 is 1.25 bits per heavy atom. The molecule has 4 heavy (non-hydrogen) atoms. The van der Waals surface area contributed by atoms with E-state index in [0.717, 1.165) is 0 Å². The van der Waals surface area contributed by atoms with Crippen molar-refractivity contribution in [3.8, 4) is 0 Å². The monoisotopic (exact) mass is 302 g/mol. The topological polar surface area (TPSA) is 0 Å². The van der Waals surface area contributed by atoms with Crippen LogP contribution in [-0.2, 0) is 54.6 Å². The average Bonchev–Trinajstić information content (AvgIpc) is 0. The van der Waals surface area contributed by atoms with Crippen LogP contribution in [0.25, 0.3) is 0 Å². The van der Waals surface area contributed by atoms with Crippen LogP contribution in [0.4, 0.5) is 0 Å². The molecule has 0 amide bonds. The van der Waals surface area contributed by atoms with Gasteiger partial charge in [-0.3, -0.25) is 0 Å². The van der Waals surface area contributed by atoms with E-state index in [2.05, 4.69) is 0 Å². The van der Waals surface area contributed by atoms with Gasteiger partial charge in [0, 0.05) is 54.6 Å². The van der Waals surface area contributed by atoms with Crippen LogP contribution in [0.2, 0.25) is 0 Å². The van der Waals surface area contributed by atoms with Crippen LogP contribution in [0.5, 0.6) is 0 Å². The molecule has 0 spiro atoms. The summed E-state index contributed by atoms with van der Waals surface area (Å²) in [4.78, 5) is 0. The largest absolute Gasteiger partial charge is 2.00 e. The molecule has 0 rings (SSSR count). The van der Waals surface area contributed by atoms with E-state index in [1.54, 1.807) is 0 Å². The molecule has 0 atom stereocenters. The Kier molecular flexibility index (Phi) is 111. The molecule has 0 aromatic carbocycles. The predicted octanol–water partition coefficient (Wildman–Crippen LogP) is -0.163. The smallest absolute Gasteiger partial charge is 1.00 e. The Bertz CT molecular complexity index is 13.5. The molecule has 0 aliphatic heterocycles. The standard InChI is InChI=1S/Fe.Mo.Ni.Sr.2H/q;;;+2;2*-1. The Labute approximate surface area is 101 Å². The summed E-state index contributed by atoms with van der Waals surface area (Å²) in [6.45, 7) is 0. The van der Waals surface area contributed by atoms with Gasteiger partial charge in [-0.15, -0.1) is 0 Å². The second-order valence-corrected chi connectivity index (χ2v) is 0. The molecule has 0 fully saturated rings. The molecule has 0 saturated carbocycles. The van der Waals surface area contributed by atoms with Gasteiger partial charge in [-0.1, -0.05) is 0 Å². The van der Waals surface area contributed by atoms with Crippen molar-refractivity contribution in [2.24, 2.45) is 0 Å². The molecule has 0 N–H and O–H groups in total. The van der Waals surface area contributed by atoms with E-state index in [0.29, 0.717) is 0 Å². The zero-order chi connectivity index (χ0) is 0. The second-order valence-electron chi connectivity index (χ2n) is 0. The number of hydrogen-bond donors (Lipinski definition) is 0. The van der Waals surface area contributed by atoms with Crippen LogP contribution in [0.15, 0.2) is 0 Å². The van der Waals surface area contributed by atoms with Crippen LogP contribution >= 0.6 is 0 Å². The van der Waals surface area contributed by atoms with Crippen molar-refractivity contribution in [1.82, 2.24) is 0 Å². The quantitative estimate of drug-likeness (QED) is 0.545. The molecule has 0 aliphatic rings. The molecule has 0 nitrogen and oxygen atoms in total. The molecule has 0 aliphatic carbocycles. The molecule has 0 saturated heterocycles. The van der Waals surface area contributed by atoms with Crippen molar-refractivity contribution in [1.29, 1.82) is 0 Å². The van der Waals surface area contributed by atoms with Gasteiger partial charge in [0.1, 0.15) is 0 Å². The van der Waals surface area contributed by atoms with Crippen LogP contribution in [0, 0.1) is 0 Å². The molecular formula is H2FeMoNiSr. The molecular weight excluding hydrogens is 298 g/mol.